The summed E-state index contributed by atoms with van der Waals surface area (Å²) in [7, 11) is 0. The van der Waals surface area contributed by atoms with Gasteiger partial charge in [-0.15, -0.1) is 0 Å². The molecule has 0 aromatic heterocycles. The lowest BCUT2D eigenvalue weighted by Gasteiger charge is -2.43. The molecule has 8 atom stereocenters. The van der Waals surface area contributed by atoms with Crippen LogP contribution >= 0.6 is 0 Å². The molecule has 1 aliphatic rings. The SMILES string of the molecule is CCCCCCCCCCCCCCCCCC(=O)OC[C@@H]1O[C@H](O)[C@H](NC(C)=O)[C@H](O[C@H](C)C(=O)N[C@H](C)C(=O)N[C@H](CCC(=O)O)C(N)=O)[C@@H]1O. The third-order valence-corrected chi connectivity index (χ3v) is 9.25. The molecule has 16 heteroatoms. The molecular weight excluding hydrogens is 692 g/mol. The van der Waals surface area contributed by atoms with Crippen LogP contribution < -0.4 is 21.7 Å². The molecular formula is C37H66N4O12. The number of nitrogens with two attached hydrogens (primary N) is 1. The summed E-state index contributed by atoms with van der Waals surface area (Å²) in [4.78, 5) is 72.3. The van der Waals surface area contributed by atoms with Crippen molar-refractivity contribution in [1.82, 2.24) is 16.0 Å². The van der Waals surface area contributed by atoms with Crippen LogP contribution in [0.5, 0.6) is 0 Å². The molecule has 1 rings (SSSR count). The molecule has 0 spiro atoms. The zero-order chi connectivity index (χ0) is 39.8. The summed E-state index contributed by atoms with van der Waals surface area (Å²) in [6, 6.07) is -3.80. The minimum Gasteiger partial charge on any atom is -0.481 e. The molecule has 16 nitrogen and oxygen atoms in total. The lowest BCUT2D eigenvalue weighted by atomic mass is 9.96. The van der Waals surface area contributed by atoms with E-state index >= 15 is 0 Å². The Bertz CT molecular complexity index is 1130. The highest BCUT2D eigenvalue weighted by Gasteiger charge is 2.47. The number of rotatable bonds is 29. The number of carbonyl (C=O) groups is 6. The maximum atomic E-state index is 12.9. The molecule has 1 aliphatic heterocycles. The number of carboxylic acid groups (broad SMARTS) is 1. The van der Waals surface area contributed by atoms with Crippen LogP contribution in [0.25, 0.3) is 0 Å². The third kappa shape index (κ3) is 20.6. The van der Waals surface area contributed by atoms with Gasteiger partial charge in [0, 0.05) is 19.8 Å². The summed E-state index contributed by atoms with van der Waals surface area (Å²) in [6.07, 6.45) is 10.3. The number of aliphatic hydroxyl groups excluding tert-OH is 2. The van der Waals surface area contributed by atoms with Crippen molar-refractivity contribution in [3.8, 4) is 0 Å². The molecule has 0 unspecified atom stereocenters. The van der Waals surface area contributed by atoms with Gasteiger partial charge < -0.3 is 51.2 Å². The van der Waals surface area contributed by atoms with Crippen molar-refractivity contribution < 1.29 is 58.3 Å². The van der Waals surface area contributed by atoms with Gasteiger partial charge in [-0.25, -0.2) is 0 Å². The van der Waals surface area contributed by atoms with Gasteiger partial charge in [0.25, 0.3) is 0 Å². The average Bonchev–Trinajstić information content (AvgIpc) is 3.09. The molecule has 0 bridgehead atoms. The Morgan fingerprint density at radius 2 is 1.30 bits per heavy atom. The van der Waals surface area contributed by atoms with Gasteiger partial charge in [-0.2, -0.15) is 0 Å². The molecule has 8 N–H and O–H groups in total. The number of amides is 4. The van der Waals surface area contributed by atoms with Crippen molar-refractivity contribution in [3.63, 3.8) is 0 Å². The molecule has 1 fully saturated rings. The number of hydrogen-bond acceptors (Lipinski definition) is 11. The highest BCUT2D eigenvalue weighted by atomic mass is 16.6. The van der Waals surface area contributed by atoms with E-state index in [1.807, 2.05) is 0 Å². The smallest absolute Gasteiger partial charge is 0.305 e. The van der Waals surface area contributed by atoms with Crippen LogP contribution in [0.4, 0.5) is 0 Å². The Hall–Kier alpha value is -3.34. The van der Waals surface area contributed by atoms with Gasteiger partial charge in [0.05, 0.1) is 0 Å². The van der Waals surface area contributed by atoms with Crippen LogP contribution in [0.3, 0.4) is 0 Å². The van der Waals surface area contributed by atoms with Crippen LogP contribution in [0.1, 0.15) is 143 Å². The van der Waals surface area contributed by atoms with Crippen molar-refractivity contribution in [2.45, 2.75) is 192 Å². The van der Waals surface area contributed by atoms with Gasteiger partial charge in [0.1, 0.15) is 49.1 Å². The van der Waals surface area contributed by atoms with E-state index in [-0.39, 0.29) is 12.8 Å². The summed E-state index contributed by atoms with van der Waals surface area (Å²) in [5.41, 5.74) is 5.25. The van der Waals surface area contributed by atoms with E-state index in [0.29, 0.717) is 6.42 Å². The minimum atomic E-state index is -1.69. The highest BCUT2D eigenvalue weighted by Crippen LogP contribution is 2.25. The minimum absolute atomic E-state index is 0.181. The number of esters is 1. The Balaban J connectivity index is 2.53. The molecule has 1 saturated heterocycles. The van der Waals surface area contributed by atoms with Crippen LogP contribution in [0.2, 0.25) is 0 Å². The summed E-state index contributed by atoms with van der Waals surface area (Å²) in [5.74, 6) is -4.85. The fourth-order valence-corrected chi connectivity index (χ4v) is 6.05. The van der Waals surface area contributed by atoms with Gasteiger partial charge >= 0.3 is 11.9 Å². The largest absolute Gasteiger partial charge is 0.481 e. The van der Waals surface area contributed by atoms with Crippen LogP contribution in [-0.2, 0) is 43.0 Å². The standard InChI is InChI=1S/C37H66N4O12/c1-5-6-7-8-9-10-11-12-13-14-15-16-17-18-19-20-30(45)51-23-28-32(46)33(31(37(50)53-28)40-26(4)42)52-25(3)36(49)39-24(2)35(48)41-27(34(38)47)21-22-29(43)44/h24-25,27-28,31-33,37,46,50H,5-23H2,1-4H3,(H2,38,47)(H,39,49)(H,40,42)(H,41,48)(H,43,44)/t24-,25-,27-,28+,31-,32-,33+,37+/m1/s1. The van der Waals surface area contributed by atoms with Crippen LogP contribution in [0, 0.1) is 0 Å². The molecule has 306 valence electrons. The fourth-order valence-electron chi connectivity index (χ4n) is 6.05. The summed E-state index contributed by atoms with van der Waals surface area (Å²) >= 11 is 0. The van der Waals surface area contributed by atoms with E-state index in [1.54, 1.807) is 0 Å². The topological polar surface area (TPSA) is 253 Å². The fraction of sp³-hybridized carbons (Fsp3) is 0.838. The van der Waals surface area contributed by atoms with Crippen molar-refractivity contribution in [3.05, 3.63) is 0 Å². The van der Waals surface area contributed by atoms with E-state index in [2.05, 4.69) is 22.9 Å². The van der Waals surface area contributed by atoms with Crippen molar-refractivity contribution in [2.24, 2.45) is 5.73 Å². The monoisotopic (exact) mass is 758 g/mol. The van der Waals surface area contributed by atoms with Crippen molar-refractivity contribution in [2.75, 3.05) is 6.61 Å². The molecule has 4 amide bonds. The van der Waals surface area contributed by atoms with E-state index in [9.17, 15) is 39.0 Å². The van der Waals surface area contributed by atoms with Crippen LogP contribution in [-0.4, -0.2) is 106 Å². The molecule has 0 saturated carbocycles. The molecule has 0 aliphatic carbocycles. The second kappa shape index (κ2) is 27.3. The number of unbranched alkanes of at least 4 members (excludes halogenated alkanes) is 14. The zero-order valence-electron chi connectivity index (χ0n) is 32.1. The van der Waals surface area contributed by atoms with Gasteiger partial charge in [0.15, 0.2) is 6.29 Å². The Kier molecular flexibility index (Phi) is 24.5. The van der Waals surface area contributed by atoms with Gasteiger partial charge in [-0.05, 0) is 26.7 Å². The lowest BCUT2D eigenvalue weighted by molar-refractivity contribution is -0.267. The molecule has 53 heavy (non-hydrogen) atoms. The number of aliphatic hydroxyl groups is 2. The molecule has 1 heterocycles. The second-order valence-electron chi connectivity index (χ2n) is 14.0. The highest BCUT2D eigenvalue weighted by molar-refractivity contribution is 5.92. The average molecular weight is 759 g/mol. The summed E-state index contributed by atoms with van der Waals surface area (Å²) in [5, 5.41) is 37.8. The van der Waals surface area contributed by atoms with E-state index in [1.165, 1.54) is 91.4 Å². The number of ether oxygens (including phenoxy) is 3. The number of aliphatic carboxylic acids is 1. The third-order valence-electron chi connectivity index (χ3n) is 9.25. The number of carbonyl (C=O) groups excluding carboxylic acids is 5. The van der Waals surface area contributed by atoms with Gasteiger partial charge in [-0.1, -0.05) is 96.8 Å². The first-order chi connectivity index (χ1) is 25.2. The van der Waals surface area contributed by atoms with Crippen molar-refractivity contribution in [1.29, 1.82) is 0 Å². The lowest BCUT2D eigenvalue weighted by Crippen LogP contribution is -2.66. The van der Waals surface area contributed by atoms with E-state index in [4.69, 9.17) is 25.1 Å². The first-order valence-electron chi connectivity index (χ1n) is 19.4. The van der Waals surface area contributed by atoms with E-state index < -0.39 is 97.4 Å². The molecule has 0 aromatic carbocycles. The summed E-state index contributed by atoms with van der Waals surface area (Å²) < 4.78 is 16.6. The first kappa shape index (κ1) is 47.7. The molecule has 0 radical (unpaired) electrons. The first-order valence-corrected chi connectivity index (χ1v) is 19.4. The van der Waals surface area contributed by atoms with Gasteiger partial charge in [-0.3, -0.25) is 28.8 Å². The number of primary amides is 1. The quantitative estimate of drug-likeness (QED) is 0.0429. The normalized spacial score (nSPS) is 21.5. The molecule has 0 aromatic rings. The Morgan fingerprint density at radius 1 is 0.774 bits per heavy atom. The number of nitrogens with one attached hydrogen (secondary N) is 3. The summed E-state index contributed by atoms with van der Waals surface area (Å²) in [6.45, 7) is 5.62. The predicted octanol–water partition coefficient (Wildman–Crippen LogP) is 2.49. The Labute approximate surface area is 314 Å². The number of carboxylic acids is 1. The number of hydrogen-bond donors (Lipinski definition) is 7. The van der Waals surface area contributed by atoms with Gasteiger partial charge in [0.2, 0.25) is 23.6 Å². The van der Waals surface area contributed by atoms with E-state index in [0.717, 1.165) is 19.3 Å². The maximum absolute atomic E-state index is 12.9. The van der Waals surface area contributed by atoms with Crippen LogP contribution in [0.15, 0.2) is 0 Å². The Morgan fingerprint density at radius 3 is 1.79 bits per heavy atom. The maximum Gasteiger partial charge on any atom is 0.305 e. The second-order valence-corrected chi connectivity index (χ2v) is 14.0. The zero-order valence-corrected chi connectivity index (χ0v) is 32.1. The van der Waals surface area contributed by atoms with Crippen molar-refractivity contribution >= 4 is 35.6 Å². The predicted molar refractivity (Wildman–Crippen MR) is 195 cm³/mol.